The molecule has 1 N–H and O–H groups in total. The van der Waals surface area contributed by atoms with Gasteiger partial charge < -0.3 is 19.5 Å². The highest BCUT2D eigenvalue weighted by Gasteiger charge is 2.44. The van der Waals surface area contributed by atoms with E-state index in [1.807, 2.05) is 18.2 Å². The Labute approximate surface area is 107 Å². The predicted molar refractivity (Wildman–Crippen MR) is 68.0 cm³/mol. The lowest BCUT2D eigenvalue weighted by Gasteiger charge is -2.38. The first kappa shape index (κ1) is 11.8. The zero-order valence-corrected chi connectivity index (χ0v) is 10.8. The summed E-state index contributed by atoms with van der Waals surface area (Å²) in [6, 6.07) is 5.64. The second kappa shape index (κ2) is 4.14. The van der Waals surface area contributed by atoms with Crippen LogP contribution in [-0.4, -0.2) is 42.9 Å². The molecule has 2 atom stereocenters. The third kappa shape index (κ3) is 1.85. The summed E-state index contributed by atoms with van der Waals surface area (Å²) in [5, 5.41) is 10.3. The Morgan fingerprint density at radius 2 is 2.33 bits per heavy atom. The van der Waals surface area contributed by atoms with Gasteiger partial charge in [0.15, 0.2) is 0 Å². The molecule has 18 heavy (non-hydrogen) atoms. The highest BCUT2D eigenvalue weighted by Crippen LogP contribution is 2.44. The van der Waals surface area contributed by atoms with E-state index in [-0.39, 0.29) is 5.60 Å². The van der Waals surface area contributed by atoms with Gasteiger partial charge in [-0.15, -0.1) is 0 Å². The summed E-state index contributed by atoms with van der Waals surface area (Å²) in [6.07, 6.45) is 1.18. The SMILES string of the molecule is COc1ccc2c(c1)[C@@H](O)CC1(CCN(C)C1)O2. The molecule has 1 aromatic rings. The van der Waals surface area contributed by atoms with Crippen LogP contribution in [0.15, 0.2) is 18.2 Å². The molecule has 1 saturated heterocycles. The van der Waals surface area contributed by atoms with Crippen molar-refractivity contribution >= 4 is 0 Å². The molecule has 4 nitrogen and oxygen atoms in total. The average molecular weight is 249 g/mol. The van der Waals surface area contributed by atoms with E-state index in [0.717, 1.165) is 36.6 Å². The number of methoxy groups -OCH3 is 1. The predicted octanol–water partition coefficient (Wildman–Crippen LogP) is 1.59. The van der Waals surface area contributed by atoms with Crippen LogP contribution in [-0.2, 0) is 0 Å². The normalized spacial score (nSPS) is 31.2. The van der Waals surface area contributed by atoms with E-state index in [4.69, 9.17) is 9.47 Å². The highest BCUT2D eigenvalue weighted by atomic mass is 16.5. The summed E-state index contributed by atoms with van der Waals surface area (Å²) < 4.78 is 11.4. The smallest absolute Gasteiger partial charge is 0.126 e. The Balaban J connectivity index is 1.93. The Hall–Kier alpha value is -1.26. The molecule has 1 spiro atoms. The van der Waals surface area contributed by atoms with Crippen molar-refractivity contribution in [1.82, 2.24) is 4.90 Å². The molecule has 1 aromatic carbocycles. The van der Waals surface area contributed by atoms with Crippen molar-refractivity contribution in [1.29, 1.82) is 0 Å². The molecule has 1 fully saturated rings. The molecule has 4 heteroatoms. The number of likely N-dealkylation sites (N-methyl/N-ethyl adjacent to an activating group) is 1. The van der Waals surface area contributed by atoms with Gasteiger partial charge in [-0.2, -0.15) is 0 Å². The minimum absolute atomic E-state index is 0.213. The van der Waals surface area contributed by atoms with Gasteiger partial charge in [0, 0.05) is 31.5 Å². The maximum Gasteiger partial charge on any atom is 0.126 e. The van der Waals surface area contributed by atoms with Gasteiger partial charge in [-0.25, -0.2) is 0 Å². The van der Waals surface area contributed by atoms with Gasteiger partial charge in [0.05, 0.1) is 13.2 Å². The maximum atomic E-state index is 10.3. The zero-order chi connectivity index (χ0) is 12.8. The molecule has 2 aliphatic heterocycles. The van der Waals surface area contributed by atoms with Crippen LogP contribution in [0.4, 0.5) is 0 Å². The van der Waals surface area contributed by atoms with Crippen LogP contribution in [0.2, 0.25) is 0 Å². The number of hydrogen-bond donors (Lipinski definition) is 1. The summed E-state index contributed by atoms with van der Waals surface area (Å²) in [7, 11) is 3.72. The number of hydrogen-bond acceptors (Lipinski definition) is 4. The van der Waals surface area contributed by atoms with Crippen molar-refractivity contribution in [3.63, 3.8) is 0 Å². The first-order valence-electron chi connectivity index (χ1n) is 6.35. The quantitative estimate of drug-likeness (QED) is 0.820. The molecular weight excluding hydrogens is 230 g/mol. The monoisotopic (exact) mass is 249 g/mol. The topological polar surface area (TPSA) is 41.9 Å². The van der Waals surface area contributed by atoms with Crippen LogP contribution in [0.25, 0.3) is 0 Å². The minimum Gasteiger partial charge on any atom is -0.497 e. The maximum absolute atomic E-state index is 10.3. The Morgan fingerprint density at radius 1 is 1.50 bits per heavy atom. The lowest BCUT2D eigenvalue weighted by Crippen LogP contribution is -2.43. The summed E-state index contributed by atoms with van der Waals surface area (Å²) in [6.45, 7) is 1.91. The molecule has 0 aromatic heterocycles. The number of likely N-dealkylation sites (tertiary alicyclic amines) is 1. The lowest BCUT2D eigenvalue weighted by atomic mass is 9.88. The van der Waals surface area contributed by atoms with Gasteiger partial charge in [-0.3, -0.25) is 0 Å². The van der Waals surface area contributed by atoms with Gasteiger partial charge >= 0.3 is 0 Å². The summed E-state index contributed by atoms with van der Waals surface area (Å²) in [5.74, 6) is 1.56. The second-order valence-corrected chi connectivity index (χ2v) is 5.40. The van der Waals surface area contributed by atoms with Crippen molar-refractivity contribution < 1.29 is 14.6 Å². The summed E-state index contributed by atoms with van der Waals surface area (Å²) in [4.78, 5) is 2.25. The number of aliphatic hydroxyl groups excluding tert-OH is 1. The number of ether oxygens (including phenoxy) is 2. The van der Waals surface area contributed by atoms with Crippen LogP contribution in [0, 0.1) is 0 Å². The van der Waals surface area contributed by atoms with E-state index >= 15 is 0 Å². The molecule has 98 valence electrons. The number of nitrogens with zero attached hydrogens (tertiary/aromatic N) is 1. The fraction of sp³-hybridized carbons (Fsp3) is 0.571. The van der Waals surface area contributed by atoms with Crippen LogP contribution in [0.1, 0.15) is 24.5 Å². The first-order valence-corrected chi connectivity index (χ1v) is 6.35. The van der Waals surface area contributed by atoms with E-state index in [0.29, 0.717) is 6.42 Å². The molecule has 2 aliphatic rings. The Morgan fingerprint density at radius 3 is 3.00 bits per heavy atom. The molecule has 0 saturated carbocycles. The number of rotatable bonds is 1. The number of aliphatic hydroxyl groups is 1. The van der Waals surface area contributed by atoms with Gasteiger partial charge in [0.2, 0.25) is 0 Å². The van der Waals surface area contributed by atoms with E-state index in [1.165, 1.54) is 0 Å². The number of benzene rings is 1. The number of fused-ring (bicyclic) bond motifs is 1. The van der Waals surface area contributed by atoms with Gasteiger partial charge in [0.25, 0.3) is 0 Å². The van der Waals surface area contributed by atoms with Crippen molar-refractivity contribution in [2.24, 2.45) is 0 Å². The Kier molecular flexibility index (Phi) is 2.72. The zero-order valence-electron chi connectivity index (χ0n) is 10.8. The summed E-state index contributed by atoms with van der Waals surface area (Å²) >= 11 is 0. The highest BCUT2D eigenvalue weighted by molar-refractivity contribution is 5.43. The van der Waals surface area contributed by atoms with Crippen LogP contribution < -0.4 is 9.47 Å². The molecule has 0 amide bonds. The largest absolute Gasteiger partial charge is 0.497 e. The Bertz CT molecular complexity index is 462. The fourth-order valence-corrected chi connectivity index (χ4v) is 3.04. The summed E-state index contributed by atoms with van der Waals surface area (Å²) in [5.41, 5.74) is 0.630. The van der Waals surface area contributed by atoms with Crippen LogP contribution in [0.3, 0.4) is 0 Å². The standard InChI is InChI=1S/C14H19NO3/c1-15-6-5-14(9-15)8-12(16)11-7-10(17-2)3-4-13(11)18-14/h3-4,7,12,16H,5-6,8-9H2,1-2H3/t12-,14?/m0/s1. The molecular formula is C14H19NO3. The van der Waals surface area contributed by atoms with Crippen molar-refractivity contribution in [2.75, 3.05) is 27.2 Å². The van der Waals surface area contributed by atoms with Crippen LogP contribution in [0.5, 0.6) is 11.5 Å². The van der Waals surface area contributed by atoms with Gasteiger partial charge in [-0.1, -0.05) is 0 Å². The first-order chi connectivity index (χ1) is 8.62. The molecule has 0 aliphatic carbocycles. The average Bonchev–Trinajstić information content (AvgIpc) is 2.70. The van der Waals surface area contributed by atoms with Gasteiger partial charge in [-0.05, 0) is 25.2 Å². The van der Waals surface area contributed by atoms with Crippen molar-refractivity contribution in [3.05, 3.63) is 23.8 Å². The van der Waals surface area contributed by atoms with E-state index in [9.17, 15) is 5.11 Å². The molecule has 0 bridgehead atoms. The van der Waals surface area contributed by atoms with Crippen molar-refractivity contribution in [2.45, 2.75) is 24.5 Å². The van der Waals surface area contributed by atoms with Gasteiger partial charge in [0.1, 0.15) is 17.1 Å². The van der Waals surface area contributed by atoms with Crippen LogP contribution >= 0.6 is 0 Å². The molecule has 1 unspecified atom stereocenters. The molecule has 0 radical (unpaired) electrons. The van der Waals surface area contributed by atoms with E-state index in [1.54, 1.807) is 7.11 Å². The van der Waals surface area contributed by atoms with Crippen molar-refractivity contribution in [3.8, 4) is 11.5 Å². The fourth-order valence-electron chi connectivity index (χ4n) is 3.04. The third-order valence-corrected chi connectivity index (χ3v) is 3.97. The molecule has 2 heterocycles. The minimum atomic E-state index is -0.463. The second-order valence-electron chi connectivity index (χ2n) is 5.40. The van der Waals surface area contributed by atoms with E-state index < -0.39 is 6.10 Å². The van der Waals surface area contributed by atoms with E-state index in [2.05, 4.69) is 11.9 Å². The lowest BCUT2D eigenvalue weighted by molar-refractivity contribution is -0.00593. The third-order valence-electron chi connectivity index (χ3n) is 3.97. The molecule has 3 rings (SSSR count).